The van der Waals surface area contributed by atoms with Crippen LogP contribution in [0.15, 0.2) is 12.1 Å². The minimum absolute atomic E-state index is 0.201. The molecule has 0 radical (unpaired) electrons. The summed E-state index contributed by atoms with van der Waals surface area (Å²) >= 11 is 0. The predicted molar refractivity (Wildman–Crippen MR) is 77.0 cm³/mol. The Balaban J connectivity index is 3.16. The average molecular weight is 265 g/mol. The van der Waals surface area contributed by atoms with Gasteiger partial charge in [0.1, 0.15) is 11.4 Å². The van der Waals surface area contributed by atoms with Crippen molar-refractivity contribution < 1.29 is 9.90 Å². The summed E-state index contributed by atoms with van der Waals surface area (Å²) in [7, 11) is 4.01. The first-order valence-corrected chi connectivity index (χ1v) is 6.49. The van der Waals surface area contributed by atoms with Gasteiger partial charge < -0.3 is 14.9 Å². The van der Waals surface area contributed by atoms with Gasteiger partial charge >= 0.3 is 5.97 Å². The molecule has 5 heteroatoms. The van der Waals surface area contributed by atoms with E-state index in [2.05, 4.69) is 16.8 Å². The molecule has 1 atom stereocenters. The normalized spacial score (nSPS) is 12.5. The minimum atomic E-state index is -0.932. The molecule has 0 bridgehead atoms. The number of anilines is 1. The van der Waals surface area contributed by atoms with Crippen molar-refractivity contribution in [1.29, 1.82) is 0 Å². The van der Waals surface area contributed by atoms with E-state index in [4.69, 9.17) is 0 Å². The van der Waals surface area contributed by atoms with Crippen LogP contribution in [0.25, 0.3) is 0 Å². The van der Waals surface area contributed by atoms with Crippen molar-refractivity contribution in [3.8, 4) is 0 Å². The summed E-state index contributed by atoms with van der Waals surface area (Å²) in [6, 6.07) is 3.56. The molecular weight excluding hydrogens is 242 g/mol. The first kappa shape index (κ1) is 15.4. The molecule has 0 aromatic carbocycles. The smallest absolute Gasteiger partial charge is 0.339 e. The van der Waals surface area contributed by atoms with E-state index in [9.17, 15) is 9.90 Å². The Morgan fingerprint density at radius 2 is 2.05 bits per heavy atom. The maximum Gasteiger partial charge on any atom is 0.339 e. The number of carboxylic acids is 1. The summed E-state index contributed by atoms with van der Waals surface area (Å²) in [4.78, 5) is 19.9. The Morgan fingerprint density at radius 3 is 2.53 bits per heavy atom. The third kappa shape index (κ3) is 3.92. The molecular formula is C14H23N3O2. The summed E-state index contributed by atoms with van der Waals surface area (Å²) in [5, 5.41) is 9.29. The molecule has 0 aliphatic heterocycles. The molecule has 0 aliphatic rings. The van der Waals surface area contributed by atoms with Crippen molar-refractivity contribution in [3.05, 3.63) is 23.4 Å². The summed E-state index contributed by atoms with van der Waals surface area (Å²) in [6.07, 6.45) is 0. The molecule has 0 saturated carbocycles. The summed E-state index contributed by atoms with van der Waals surface area (Å²) in [5.41, 5.74) is 1.09. The zero-order chi connectivity index (χ0) is 14.6. The number of aromatic carboxylic acids is 1. The largest absolute Gasteiger partial charge is 0.478 e. The number of likely N-dealkylation sites (N-methyl/N-ethyl adjacent to an activating group) is 2. The molecule has 5 nitrogen and oxygen atoms in total. The lowest BCUT2D eigenvalue weighted by Crippen LogP contribution is -2.41. The lowest BCUT2D eigenvalue weighted by Gasteiger charge is -2.32. The first-order chi connectivity index (χ1) is 8.86. The van der Waals surface area contributed by atoms with Crippen LogP contribution in [0.5, 0.6) is 0 Å². The number of carbonyl (C=O) groups is 1. The topological polar surface area (TPSA) is 56.7 Å². The van der Waals surface area contributed by atoms with Crippen molar-refractivity contribution in [2.24, 2.45) is 0 Å². The SMILES string of the molecule is CCN(c1nc(C)ccc1C(=O)O)C(C)CN(C)C. The molecule has 1 unspecified atom stereocenters. The molecule has 0 aliphatic carbocycles. The monoisotopic (exact) mass is 265 g/mol. The van der Waals surface area contributed by atoms with Gasteiger partial charge in [0.2, 0.25) is 0 Å². The fraction of sp³-hybridized carbons (Fsp3) is 0.571. The molecule has 0 spiro atoms. The third-order valence-corrected chi connectivity index (χ3v) is 3.02. The number of carboxylic acid groups (broad SMARTS) is 1. The van der Waals surface area contributed by atoms with Gasteiger partial charge in [-0.1, -0.05) is 0 Å². The van der Waals surface area contributed by atoms with Crippen LogP contribution in [-0.2, 0) is 0 Å². The predicted octanol–water partition coefficient (Wildman–Crippen LogP) is 1.86. The third-order valence-electron chi connectivity index (χ3n) is 3.02. The van der Waals surface area contributed by atoms with E-state index in [1.807, 2.05) is 32.8 Å². The Bertz CT molecular complexity index is 446. The fourth-order valence-corrected chi connectivity index (χ4v) is 2.23. The Hall–Kier alpha value is -1.62. The van der Waals surface area contributed by atoms with Crippen LogP contribution in [-0.4, -0.2) is 54.2 Å². The van der Waals surface area contributed by atoms with Gasteiger partial charge in [0.25, 0.3) is 0 Å². The van der Waals surface area contributed by atoms with Gasteiger partial charge in [0.15, 0.2) is 0 Å². The molecule has 19 heavy (non-hydrogen) atoms. The maximum absolute atomic E-state index is 11.3. The van der Waals surface area contributed by atoms with E-state index in [0.29, 0.717) is 5.82 Å². The molecule has 0 amide bonds. The standard InChI is InChI=1S/C14H23N3O2/c1-6-17(11(3)9-16(4)5)13-12(14(18)19)8-7-10(2)15-13/h7-8,11H,6,9H2,1-5H3,(H,18,19). The lowest BCUT2D eigenvalue weighted by molar-refractivity contribution is 0.0697. The molecule has 1 heterocycles. The van der Waals surface area contributed by atoms with Crippen LogP contribution in [0.3, 0.4) is 0 Å². The van der Waals surface area contributed by atoms with Crippen molar-refractivity contribution in [2.75, 3.05) is 32.1 Å². The molecule has 1 rings (SSSR count). The van der Waals surface area contributed by atoms with Crippen LogP contribution in [0.1, 0.15) is 29.9 Å². The Labute approximate surface area is 114 Å². The van der Waals surface area contributed by atoms with Gasteiger partial charge in [-0.25, -0.2) is 9.78 Å². The van der Waals surface area contributed by atoms with Gasteiger partial charge in [-0.15, -0.1) is 0 Å². The number of hydrogen-bond acceptors (Lipinski definition) is 4. The highest BCUT2D eigenvalue weighted by molar-refractivity contribution is 5.93. The van der Waals surface area contributed by atoms with Crippen molar-refractivity contribution in [3.63, 3.8) is 0 Å². The quantitative estimate of drug-likeness (QED) is 0.851. The van der Waals surface area contributed by atoms with Gasteiger partial charge in [-0.2, -0.15) is 0 Å². The second-order valence-corrected chi connectivity index (χ2v) is 5.03. The number of aryl methyl sites for hydroxylation is 1. The second-order valence-electron chi connectivity index (χ2n) is 5.03. The number of nitrogens with zero attached hydrogens (tertiary/aromatic N) is 3. The van der Waals surface area contributed by atoms with E-state index in [1.165, 1.54) is 0 Å². The highest BCUT2D eigenvalue weighted by atomic mass is 16.4. The van der Waals surface area contributed by atoms with E-state index in [1.54, 1.807) is 12.1 Å². The van der Waals surface area contributed by atoms with Crippen LogP contribution < -0.4 is 4.90 Å². The van der Waals surface area contributed by atoms with Crippen molar-refractivity contribution >= 4 is 11.8 Å². The maximum atomic E-state index is 11.3. The van der Waals surface area contributed by atoms with E-state index >= 15 is 0 Å². The molecule has 1 aromatic heterocycles. The van der Waals surface area contributed by atoms with Crippen molar-refractivity contribution in [1.82, 2.24) is 9.88 Å². The van der Waals surface area contributed by atoms with E-state index in [-0.39, 0.29) is 11.6 Å². The first-order valence-electron chi connectivity index (χ1n) is 6.49. The number of hydrogen-bond donors (Lipinski definition) is 1. The minimum Gasteiger partial charge on any atom is -0.478 e. The number of aromatic nitrogens is 1. The highest BCUT2D eigenvalue weighted by Crippen LogP contribution is 2.21. The lowest BCUT2D eigenvalue weighted by atomic mass is 10.2. The fourth-order valence-electron chi connectivity index (χ4n) is 2.23. The Kier molecular flexibility index (Phi) is 5.30. The zero-order valence-electron chi connectivity index (χ0n) is 12.3. The summed E-state index contributed by atoms with van der Waals surface area (Å²) in [6.45, 7) is 7.55. The zero-order valence-corrected chi connectivity index (χ0v) is 12.3. The van der Waals surface area contributed by atoms with Crippen LogP contribution >= 0.6 is 0 Å². The van der Waals surface area contributed by atoms with Gasteiger partial charge in [-0.3, -0.25) is 0 Å². The highest BCUT2D eigenvalue weighted by Gasteiger charge is 2.21. The van der Waals surface area contributed by atoms with Gasteiger partial charge in [-0.05, 0) is 47.0 Å². The molecule has 106 valence electrons. The second kappa shape index (κ2) is 6.52. The van der Waals surface area contributed by atoms with Crippen LogP contribution in [0.2, 0.25) is 0 Å². The van der Waals surface area contributed by atoms with Gasteiger partial charge in [0, 0.05) is 24.8 Å². The molecule has 1 aromatic rings. The number of pyridine rings is 1. The molecule has 1 N–H and O–H groups in total. The molecule has 0 saturated heterocycles. The van der Waals surface area contributed by atoms with E-state index < -0.39 is 5.97 Å². The van der Waals surface area contributed by atoms with E-state index in [0.717, 1.165) is 18.8 Å². The Morgan fingerprint density at radius 1 is 1.42 bits per heavy atom. The van der Waals surface area contributed by atoms with Gasteiger partial charge in [0.05, 0.1) is 0 Å². The van der Waals surface area contributed by atoms with Crippen LogP contribution in [0.4, 0.5) is 5.82 Å². The number of rotatable bonds is 6. The molecule has 0 fully saturated rings. The summed E-state index contributed by atoms with van der Waals surface area (Å²) in [5.74, 6) is -0.373. The van der Waals surface area contributed by atoms with Crippen LogP contribution in [0, 0.1) is 6.92 Å². The van der Waals surface area contributed by atoms with Crippen molar-refractivity contribution in [2.45, 2.75) is 26.8 Å². The average Bonchev–Trinajstić information content (AvgIpc) is 2.28. The summed E-state index contributed by atoms with van der Waals surface area (Å²) < 4.78 is 0.